The molecule has 1 amide bonds. The first-order valence-electron chi connectivity index (χ1n) is 11.0. The van der Waals surface area contributed by atoms with Gasteiger partial charge in [0.25, 0.3) is 0 Å². The molecular weight excluding hydrogens is 450 g/mol. The molecule has 0 unspecified atom stereocenters. The van der Waals surface area contributed by atoms with Gasteiger partial charge in [0.1, 0.15) is 12.2 Å². The van der Waals surface area contributed by atoms with Crippen molar-refractivity contribution in [3.05, 3.63) is 89.4 Å². The highest BCUT2D eigenvalue weighted by Gasteiger charge is 2.22. The molecule has 0 saturated carbocycles. The number of aryl methyl sites for hydroxylation is 2. The Morgan fingerprint density at radius 1 is 1.03 bits per heavy atom. The molecular formula is C26H25N3O4S. The molecule has 1 N–H and O–H groups in total. The van der Waals surface area contributed by atoms with E-state index >= 15 is 0 Å². The number of amides is 1. The first kappa shape index (κ1) is 23.5. The molecule has 0 saturated heterocycles. The maximum absolute atomic E-state index is 12.8. The van der Waals surface area contributed by atoms with Crippen LogP contribution in [0.3, 0.4) is 0 Å². The number of ether oxygens (including phenoxy) is 1. The monoisotopic (exact) mass is 475 g/mol. The molecule has 2 heterocycles. The second-order valence-corrected chi connectivity index (χ2v) is 8.64. The normalized spacial score (nSPS) is 10.9. The van der Waals surface area contributed by atoms with Gasteiger partial charge in [0, 0.05) is 35.5 Å². The Hall–Kier alpha value is -3.65. The van der Waals surface area contributed by atoms with Crippen molar-refractivity contribution in [2.24, 2.45) is 0 Å². The second-order valence-electron chi connectivity index (χ2n) is 7.70. The molecule has 0 atom stereocenters. The number of nitrogens with zero attached hydrogens (tertiary/aromatic N) is 2. The van der Waals surface area contributed by atoms with E-state index in [-0.39, 0.29) is 24.8 Å². The molecule has 0 spiro atoms. The van der Waals surface area contributed by atoms with Crippen LogP contribution in [-0.4, -0.2) is 35.0 Å². The molecule has 8 heteroatoms. The quantitative estimate of drug-likeness (QED) is 0.153. The summed E-state index contributed by atoms with van der Waals surface area (Å²) in [6, 6.07) is 17.3. The van der Waals surface area contributed by atoms with Crippen LogP contribution < -0.4 is 5.32 Å². The second kappa shape index (κ2) is 11.5. The average molecular weight is 476 g/mol. The van der Waals surface area contributed by atoms with Gasteiger partial charge in [-0.15, -0.1) is 0 Å². The van der Waals surface area contributed by atoms with Crippen LogP contribution in [0.5, 0.6) is 0 Å². The van der Waals surface area contributed by atoms with Crippen molar-refractivity contribution in [2.75, 3.05) is 13.2 Å². The Bertz CT molecular complexity index is 1260. The molecule has 2 aromatic carbocycles. The summed E-state index contributed by atoms with van der Waals surface area (Å²) in [7, 11) is 0. The van der Waals surface area contributed by atoms with E-state index in [1.54, 1.807) is 18.5 Å². The summed E-state index contributed by atoms with van der Waals surface area (Å²) in [6.45, 7) is 2.32. The van der Waals surface area contributed by atoms with Gasteiger partial charge < -0.3 is 14.5 Å². The van der Waals surface area contributed by atoms with Gasteiger partial charge in [-0.1, -0.05) is 59.8 Å². The molecule has 0 radical (unpaired) electrons. The summed E-state index contributed by atoms with van der Waals surface area (Å²) in [4.78, 5) is 33.3. The summed E-state index contributed by atoms with van der Waals surface area (Å²) in [5, 5.41) is 4.25. The Morgan fingerprint density at radius 3 is 2.59 bits per heavy atom. The van der Waals surface area contributed by atoms with Crippen LogP contribution >= 0.6 is 11.8 Å². The summed E-state index contributed by atoms with van der Waals surface area (Å²) in [5.74, 6) is -0.0217. The molecule has 0 aliphatic rings. The number of rotatable bonds is 10. The van der Waals surface area contributed by atoms with Gasteiger partial charge in [0.05, 0.1) is 6.54 Å². The molecule has 174 valence electrons. The topological polar surface area (TPSA) is 94.3 Å². The number of carbonyl (C=O) groups excluding carboxylic acids is 2. The lowest BCUT2D eigenvalue weighted by atomic mass is 10.1. The Balaban J connectivity index is 1.30. The smallest absolute Gasteiger partial charge is 0.374 e. The third kappa shape index (κ3) is 6.23. The SMILES string of the molecule is Cc1ccc(CCC(=O)NCCOC(=O)c2oc3ccccc3c2CSc2ncccn2)cc1. The molecule has 7 nitrogen and oxygen atoms in total. The van der Waals surface area contributed by atoms with E-state index in [1.165, 1.54) is 17.3 Å². The predicted octanol–water partition coefficient (Wildman–Crippen LogP) is 4.73. The van der Waals surface area contributed by atoms with Gasteiger partial charge in [-0.2, -0.15) is 0 Å². The summed E-state index contributed by atoms with van der Waals surface area (Å²) < 4.78 is 11.2. The number of furan rings is 1. The molecule has 2 aromatic heterocycles. The van der Waals surface area contributed by atoms with Crippen LogP contribution in [0.2, 0.25) is 0 Å². The number of fused-ring (bicyclic) bond motifs is 1. The van der Waals surface area contributed by atoms with Crippen molar-refractivity contribution in [3.63, 3.8) is 0 Å². The highest BCUT2D eigenvalue weighted by Crippen LogP contribution is 2.31. The summed E-state index contributed by atoms with van der Waals surface area (Å²) in [5.41, 5.74) is 3.65. The Kier molecular flexibility index (Phi) is 7.93. The molecule has 0 bridgehead atoms. The number of hydrogen-bond donors (Lipinski definition) is 1. The molecule has 0 aliphatic heterocycles. The van der Waals surface area contributed by atoms with Crippen LogP contribution in [0.4, 0.5) is 0 Å². The third-order valence-electron chi connectivity index (χ3n) is 5.19. The molecule has 4 rings (SSSR count). The number of esters is 1. The van der Waals surface area contributed by atoms with Gasteiger partial charge in [-0.05, 0) is 31.0 Å². The molecule has 0 fully saturated rings. The van der Waals surface area contributed by atoms with E-state index in [1.807, 2.05) is 55.5 Å². The highest BCUT2D eigenvalue weighted by atomic mass is 32.2. The van der Waals surface area contributed by atoms with Crippen LogP contribution in [0, 0.1) is 6.92 Å². The fourth-order valence-corrected chi connectivity index (χ4v) is 4.24. The van der Waals surface area contributed by atoms with Gasteiger partial charge in [-0.3, -0.25) is 4.79 Å². The van der Waals surface area contributed by atoms with Crippen LogP contribution in [-0.2, 0) is 21.7 Å². The average Bonchev–Trinajstić information content (AvgIpc) is 3.24. The first-order chi connectivity index (χ1) is 16.6. The number of carbonyl (C=O) groups is 2. The lowest BCUT2D eigenvalue weighted by molar-refractivity contribution is -0.121. The number of benzene rings is 2. The van der Waals surface area contributed by atoms with E-state index in [2.05, 4.69) is 15.3 Å². The maximum atomic E-state index is 12.8. The van der Waals surface area contributed by atoms with Crippen molar-refractivity contribution in [1.29, 1.82) is 0 Å². The van der Waals surface area contributed by atoms with Crippen molar-refractivity contribution < 1.29 is 18.7 Å². The van der Waals surface area contributed by atoms with E-state index in [4.69, 9.17) is 9.15 Å². The largest absolute Gasteiger partial charge is 0.458 e. The first-order valence-corrected chi connectivity index (χ1v) is 12.0. The summed E-state index contributed by atoms with van der Waals surface area (Å²) >= 11 is 1.41. The fraction of sp³-hybridized carbons (Fsp3) is 0.231. The van der Waals surface area contributed by atoms with Crippen molar-refractivity contribution in [3.8, 4) is 0 Å². The van der Waals surface area contributed by atoms with Crippen molar-refractivity contribution in [1.82, 2.24) is 15.3 Å². The number of thioether (sulfide) groups is 1. The van der Waals surface area contributed by atoms with Gasteiger partial charge >= 0.3 is 5.97 Å². The minimum atomic E-state index is -0.560. The molecule has 0 aliphatic carbocycles. The number of para-hydroxylation sites is 1. The standard InChI is InChI=1S/C26H25N3O4S/c1-18-7-9-19(10-8-18)11-12-23(30)27-15-16-32-25(31)24-21(17-34-26-28-13-4-14-29-26)20-5-2-3-6-22(20)33-24/h2-10,13-14H,11-12,15-17H2,1H3,(H,27,30). The lowest BCUT2D eigenvalue weighted by Crippen LogP contribution is -2.28. The van der Waals surface area contributed by atoms with E-state index in [9.17, 15) is 9.59 Å². The van der Waals surface area contributed by atoms with Crippen molar-refractivity contribution >= 4 is 34.6 Å². The van der Waals surface area contributed by atoms with E-state index < -0.39 is 5.97 Å². The van der Waals surface area contributed by atoms with Crippen LogP contribution in [0.1, 0.15) is 33.7 Å². The van der Waals surface area contributed by atoms with E-state index in [0.29, 0.717) is 29.3 Å². The molecule has 4 aromatic rings. The molecule has 34 heavy (non-hydrogen) atoms. The van der Waals surface area contributed by atoms with Crippen LogP contribution in [0.25, 0.3) is 11.0 Å². The third-order valence-corrected chi connectivity index (χ3v) is 6.09. The van der Waals surface area contributed by atoms with Crippen LogP contribution in [0.15, 0.2) is 76.6 Å². The highest BCUT2D eigenvalue weighted by molar-refractivity contribution is 7.98. The summed E-state index contributed by atoms with van der Waals surface area (Å²) in [6.07, 6.45) is 4.39. The number of nitrogens with one attached hydrogen (secondary N) is 1. The maximum Gasteiger partial charge on any atom is 0.374 e. The Morgan fingerprint density at radius 2 is 1.79 bits per heavy atom. The minimum absolute atomic E-state index is 0.0561. The van der Waals surface area contributed by atoms with Gasteiger partial charge in [0.2, 0.25) is 11.7 Å². The minimum Gasteiger partial charge on any atom is -0.458 e. The zero-order valence-corrected chi connectivity index (χ0v) is 19.6. The van der Waals surface area contributed by atoms with Gasteiger partial charge in [-0.25, -0.2) is 14.8 Å². The number of aromatic nitrogens is 2. The van der Waals surface area contributed by atoms with Gasteiger partial charge in [0.15, 0.2) is 5.16 Å². The zero-order valence-electron chi connectivity index (χ0n) is 18.8. The Labute approximate surface area is 201 Å². The number of hydrogen-bond acceptors (Lipinski definition) is 7. The van der Waals surface area contributed by atoms with E-state index in [0.717, 1.165) is 16.5 Å². The predicted molar refractivity (Wildman–Crippen MR) is 131 cm³/mol. The fourth-order valence-electron chi connectivity index (χ4n) is 3.40. The zero-order chi connectivity index (χ0) is 23.8. The lowest BCUT2D eigenvalue weighted by Gasteiger charge is -2.07. The van der Waals surface area contributed by atoms with Crippen molar-refractivity contribution in [2.45, 2.75) is 30.7 Å².